The Bertz CT molecular complexity index is 269. The van der Waals surface area contributed by atoms with Crippen molar-refractivity contribution in [1.29, 1.82) is 0 Å². The molecule has 0 bridgehead atoms. The molecule has 5 atom stereocenters. The van der Waals surface area contributed by atoms with Gasteiger partial charge in [-0.15, -0.1) is 0 Å². The van der Waals surface area contributed by atoms with Crippen LogP contribution in [0.4, 0.5) is 0 Å². The summed E-state index contributed by atoms with van der Waals surface area (Å²) < 4.78 is 0. The first kappa shape index (κ1) is 5.28. The molecule has 0 aromatic carbocycles. The topological polar surface area (TPSA) is 29.4 Å². The van der Waals surface area contributed by atoms with Crippen LogP contribution in [0.2, 0.25) is 0 Å². The van der Waals surface area contributed by atoms with Crippen LogP contribution in [0, 0.1) is 28.1 Å². The van der Waals surface area contributed by atoms with Crippen molar-refractivity contribution in [1.82, 2.24) is 0 Å². The van der Waals surface area contributed by atoms with Gasteiger partial charge in [-0.05, 0) is 48.9 Å². The number of hydrogen-bond donors (Lipinski definition) is 0. The van der Waals surface area contributed by atoms with E-state index in [4.69, 9.17) is 0 Å². The van der Waals surface area contributed by atoms with E-state index in [1.54, 1.807) is 0 Å². The Labute approximate surface area is 65.3 Å². The third kappa shape index (κ3) is 0.267. The molecule has 4 aliphatic carbocycles. The first-order valence-electron chi connectivity index (χ1n) is 4.70. The van der Waals surface area contributed by atoms with E-state index in [0.717, 1.165) is 24.2 Å². The predicted molar refractivity (Wildman–Crippen MR) is 39.9 cm³/mol. The van der Waals surface area contributed by atoms with E-state index in [0.29, 0.717) is 5.41 Å². The summed E-state index contributed by atoms with van der Waals surface area (Å²) in [7, 11) is 0. The van der Waals surface area contributed by atoms with Crippen LogP contribution in [0.25, 0.3) is 0 Å². The molecular weight excluding hydrogens is 138 g/mol. The highest BCUT2D eigenvalue weighted by Gasteiger charge is 2.91. The van der Waals surface area contributed by atoms with Crippen molar-refractivity contribution >= 4 is 0 Å². The highest BCUT2D eigenvalue weighted by Crippen LogP contribution is 2.92. The van der Waals surface area contributed by atoms with Gasteiger partial charge in [-0.25, -0.2) is 0 Å². The van der Waals surface area contributed by atoms with Gasteiger partial charge in [-0.3, -0.25) is 0 Å². The lowest BCUT2D eigenvalue weighted by Crippen LogP contribution is -2.47. The second kappa shape index (κ2) is 1.08. The van der Waals surface area contributed by atoms with E-state index < -0.39 is 0 Å². The Morgan fingerprint density at radius 1 is 1.27 bits per heavy atom. The first-order chi connectivity index (χ1) is 5.35. The maximum Gasteiger partial charge on any atom is 0.109 e. The van der Waals surface area contributed by atoms with Crippen LogP contribution in [-0.2, 0) is 0 Å². The molecule has 58 valence electrons. The van der Waals surface area contributed by atoms with Gasteiger partial charge in [0.05, 0.1) is 0 Å². The minimum absolute atomic E-state index is 0.0110. The highest BCUT2D eigenvalue weighted by atomic mass is 16.3. The summed E-state index contributed by atoms with van der Waals surface area (Å²) in [5.74, 6) is 2.47. The third-order valence-electron chi connectivity index (χ3n) is 5.23. The Morgan fingerprint density at radius 3 is 2.73 bits per heavy atom. The zero-order chi connectivity index (χ0) is 7.27. The Kier molecular flexibility index (Phi) is 0.520. The van der Waals surface area contributed by atoms with Crippen molar-refractivity contribution in [3.63, 3.8) is 0 Å². The van der Waals surface area contributed by atoms with Crippen LogP contribution in [-0.4, -0.2) is 5.54 Å². The van der Waals surface area contributed by atoms with Crippen LogP contribution in [0.5, 0.6) is 0 Å². The van der Waals surface area contributed by atoms with Crippen molar-refractivity contribution in [2.45, 2.75) is 31.2 Å². The minimum Gasteiger partial charge on any atom is -0.150 e. The fourth-order valence-electron chi connectivity index (χ4n) is 4.96. The Morgan fingerprint density at radius 2 is 2.18 bits per heavy atom. The van der Waals surface area contributed by atoms with Gasteiger partial charge in [-0.1, -0.05) is 5.18 Å². The zero-order valence-corrected chi connectivity index (χ0v) is 6.42. The summed E-state index contributed by atoms with van der Waals surface area (Å²) >= 11 is 0. The molecule has 1 spiro atoms. The first-order valence-corrected chi connectivity index (χ1v) is 4.70. The molecular formula is C9H11NO. The minimum atomic E-state index is -0.0110. The smallest absolute Gasteiger partial charge is 0.109 e. The maximum atomic E-state index is 10.7. The van der Waals surface area contributed by atoms with E-state index >= 15 is 0 Å². The number of hydrogen-bond acceptors (Lipinski definition) is 2. The number of fused-ring (bicyclic) bond motifs is 1. The van der Waals surface area contributed by atoms with Gasteiger partial charge >= 0.3 is 0 Å². The van der Waals surface area contributed by atoms with E-state index in [2.05, 4.69) is 5.18 Å². The molecule has 5 unspecified atom stereocenters. The predicted octanol–water partition coefficient (Wildman–Crippen LogP) is 1.94. The second-order valence-electron chi connectivity index (χ2n) is 4.96. The van der Waals surface area contributed by atoms with Crippen molar-refractivity contribution in [3.8, 4) is 0 Å². The van der Waals surface area contributed by atoms with E-state index in [1.165, 1.54) is 19.3 Å². The molecule has 4 saturated carbocycles. The van der Waals surface area contributed by atoms with Crippen molar-refractivity contribution < 1.29 is 0 Å². The maximum absolute atomic E-state index is 10.7. The van der Waals surface area contributed by atoms with Gasteiger partial charge < -0.3 is 0 Å². The van der Waals surface area contributed by atoms with Gasteiger partial charge in [0.2, 0.25) is 0 Å². The average Bonchev–Trinajstić information content (AvgIpc) is 2.39. The Hall–Kier alpha value is -0.400. The van der Waals surface area contributed by atoms with Gasteiger partial charge in [-0.2, -0.15) is 4.91 Å². The van der Waals surface area contributed by atoms with Gasteiger partial charge in [0.25, 0.3) is 0 Å². The summed E-state index contributed by atoms with van der Waals surface area (Å²) in [4.78, 5) is 10.7. The molecule has 0 N–H and O–H groups in total. The molecule has 2 nitrogen and oxygen atoms in total. The van der Waals surface area contributed by atoms with E-state index in [1.807, 2.05) is 0 Å². The fraction of sp³-hybridized carbons (Fsp3) is 1.00. The highest BCUT2D eigenvalue weighted by molar-refractivity contribution is 5.41. The quantitative estimate of drug-likeness (QED) is 0.524. The molecule has 4 rings (SSSR count). The molecule has 4 fully saturated rings. The van der Waals surface area contributed by atoms with Crippen molar-refractivity contribution in [2.24, 2.45) is 28.3 Å². The Balaban J connectivity index is 1.95. The molecule has 0 aromatic rings. The zero-order valence-electron chi connectivity index (χ0n) is 6.42. The molecule has 0 saturated heterocycles. The second-order valence-corrected chi connectivity index (χ2v) is 4.96. The normalized spacial score (nSPS) is 74.0. The van der Waals surface area contributed by atoms with Crippen LogP contribution < -0.4 is 0 Å². The summed E-state index contributed by atoms with van der Waals surface area (Å²) in [6.45, 7) is 0. The largest absolute Gasteiger partial charge is 0.150 e. The number of nitroso groups, excluding NO2 is 1. The molecule has 4 aliphatic rings. The lowest BCUT2D eigenvalue weighted by molar-refractivity contribution is 0.0994. The number of rotatable bonds is 1. The monoisotopic (exact) mass is 149 g/mol. The molecule has 0 amide bonds. The fourth-order valence-corrected chi connectivity index (χ4v) is 4.96. The lowest BCUT2D eigenvalue weighted by Gasteiger charge is -2.42. The van der Waals surface area contributed by atoms with Crippen molar-refractivity contribution in [2.75, 3.05) is 0 Å². The summed E-state index contributed by atoms with van der Waals surface area (Å²) in [5, 5.41) is 3.44. The molecule has 0 aliphatic heterocycles. The van der Waals surface area contributed by atoms with Crippen LogP contribution in [0.3, 0.4) is 0 Å². The number of nitrogens with zero attached hydrogens (tertiary/aromatic N) is 1. The molecule has 0 aromatic heterocycles. The average molecular weight is 149 g/mol. The van der Waals surface area contributed by atoms with Gasteiger partial charge in [0.15, 0.2) is 0 Å². The van der Waals surface area contributed by atoms with Crippen LogP contribution in [0.1, 0.15) is 25.7 Å². The molecule has 0 heterocycles. The molecule has 2 heteroatoms. The third-order valence-corrected chi connectivity index (χ3v) is 5.23. The van der Waals surface area contributed by atoms with Crippen LogP contribution in [0.15, 0.2) is 5.18 Å². The lowest BCUT2D eigenvalue weighted by atomic mass is 9.64. The standard InChI is InChI=1S/C9H11NO/c11-10-9-4-3-8-2-1-5(9)6(8)7(8)9/h5-7H,1-4H2. The van der Waals surface area contributed by atoms with Crippen LogP contribution >= 0.6 is 0 Å². The van der Waals surface area contributed by atoms with E-state index in [-0.39, 0.29) is 5.54 Å². The van der Waals surface area contributed by atoms with Gasteiger partial charge in [0.1, 0.15) is 5.54 Å². The summed E-state index contributed by atoms with van der Waals surface area (Å²) in [5.41, 5.74) is 0.668. The SMILES string of the molecule is O=NC12CCC34CCC1C3C42. The van der Waals surface area contributed by atoms with E-state index in [9.17, 15) is 4.91 Å². The van der Waals surface area contributed by atoms with Gasteiger partial charge in [0, 0.05) is 0 Å². The summed E-state index contributed by atoms with van der Waals surface area (Å²) in [6, 6.07) is 0. The molecule has 0 radical (unpaired) electrons. The molecule has 11 heavy (non-hydrogen) atoms. The summed E-state index contributed by atoms with van der Waals surface area (Å²) in [6.07, 6.45) is 5.18. The van der Waals surface area contributed by atoms with Crippen molar-refractivity contribution in [3.05, 3.63) is 4.91 Å².